The van der Waals surface area contributed by atoms with E-state index in [2.05, 4.69) is 26.1 Å². The van der Waals surface area contributed by atoms with Gasteiger partial charge in [-0.1, -0.05) is 13.8 Å². The summed E-state index contributed by atoms with van der Waals surface area (Å²) in [4.78, 5) is 0. The quantitative estimate of drug-likeness (QED) is 0.554. The highest BCUT2D eigenvalue weighted by Gasteiger charge is 2.29. The molecule has 56 valence electrons. The first-order valence-corrected chi connectivity index (χ1v) is 3.36. The largest absolute Gasteiger partial charge is 0.314 e. The topological polar surface area (TPSA) is 12.0 Å². The molecule has 1 aliphatic heterocycles. The standard InChI is InChI=1S/C7H15N.ClH/c1-6-7(2,3)4-5-8-6;/h6,8H,4-5H2,1-3H3;1H. The Labute approximate surface area is 63.6 Å². The van der Waals surface area contributed by atoms with Crippen molar-refractivity contribution in [3.05, 3.63) is 0 Å². The van der Waals surface area contributed by atoms with Gasteiger partial charge >= 0.3 is 0 Å². The Morgan fingerprint density at radius 1 is 1.44 bits per heavy atom. The number of halogens is 1. The maximum atomic E-state index is 3.41. The van der Waals surface area contributed by atoms with E-state index in [-0.39, 0.29) is 12.4 Å². The summed E-state index contributed by atoms with van der Waals surface area (Å²) in [5, 5.41) is 3.41. The fraction of sp³-hybridized carbons (Fsp3) is 1.00. The van der Waals surface area contributed by atoms with Crippen LogP contribution < -0.4 is 5.32 Å². The molecule has 1 atom stereocenters. The van der Waals surface area contributed by atoms with E-state index in [0.717, 1.165) is 0 Å². The number of hydrogen-bond donors (Lipinski definition) is 1. The monoisotopic (exact) mass is 149 g/mol. The SMILES string of the molecule is CC1NCCC1(C)C.Cl. The molecule has 1 aliphatic rings. The Bertz CT molecular complexity index is 90.9. The van der Waals surface area contributed by atoms with Gasteiger partial charge in [-0.15, -0.1) is 12.4 Å². The average Bonchev–Trinajstić information content (AvgIpc) is 1.86. The zero-order chi connectivity index (χ0) is 6.20. The maximum absolute atomic E-state index is 3.41. The van der Waals surface area contributed by atoms with Gasteiger partial charge in [0.2, 0.25) is 0 Å². The third-order valence-electron chi connectivity index (χ3n) is 2.39. The van der Waals surface area contributed by atoms with Gasteiger partial charge in [-0.05, 0) is 25.3 Å². The molecule has 1 rings (SSSR count). The number of nitrogens with one attached hydrogen (secondary N) is 1. The summed E-state index contributed by atoms with van der Waals surface area (Å²) in [6, 6.07) is 0.711. The second-order valence-electron chi connectivity index (χ2n) is 3.41. The Morgan fingerprint density at radius 3 is 2.11 bits per heavy atom. The van der Waals surface area contributed by atoms with Crippen LogP contribution in [0.15, 0.2) is 0 Å². The van der Waals surface area contributed by atoms with Gasteiger partial charge in [0.05, 0.1) is 0 Å². The molecule has 0 aliphatic carbocycles. The van der Waals surface area contributed by atoms with E-state index >= 15 is 0 Å². The average molecular weight is 150 g/mol. The molecule has 1 heterocycles. The number of rotatable bonds is 0. The molecule has 2 heteroatoms. The predicted octanol–water partition coefficient (Wildman–Crippen LogP) is 1.82. The molecular weight excluding hydrogens is 134 g/mol. The minimum atomic E-state index is 0. The summed E-state index contributed by atoms with van der Waals surface area (Å²) in [5.41, 5.74) is 0.542. The van der Waals surface area contributed by atoms with Crippen LogP contribution in [-0.2, 0) is 0 Å². The predicted molar refractivity (Wildman–Crippen MR) is 43.1 cm³/mol. The van der Waals surface area contributed by atoms with E-state index in [1.807, 2.05) is 0 Å². The smallest absolute Gasteiger partial charge is 0.00903 e. The van der Waals surface area contributed by atoms with E-state index < -0.39 is 0 Å². The van der Waals surface area contributed by atoms with Crippen LogP contribution in [0.4, 0.5) is 0 Å². The van der Waals surface area contributed by atoms with Crippen molar-refractivity contribution in [2.75, 3.05) is 6.54 Å². The molecular formula is C7H16ClN. The molecule has 0 aromatic carbocycles. The Hall–Kier alpha value is 0.250. The van der Waals surface area contributed by atoms with E-state index in [9.17, 15) is 0 Å². The van der Waals surface area contributed by atoms with Crippen molar-refractivity contribution in [2.24, 2.45) is 5.41 Å². The van der Waals surface area contributed by atoms with Crippen molar-refractivity contribution in [3.8, 4) is 0 Å². The normalized spacial score (nSPS) is 31.7. The van der Waals surface area contributed by atoms with Crippen molar-refractivity contribution in [3.63, 3.8) is 0 Å². The van der Waals surface area contributed by atoms with Crippen LogP contribution in [0.5, 0.6) is 0 Å². The molecule has 1 unspecified atom stereocenters. The minimum Gasteiger partial charge on any atom is -0.314 e. The third kappa shape index (κ3) is 1.84. The van der Waals surface area contributed by atoms with Gasteiger partial charge < -0.3 is 5.32 Å². The molecule has 0 aromatic heterocycles. The molecule has 0 saturated carbocycles. The highest BCUT2D eigenvalue weighted by atomic mass is 35.5. The zero-order valence-corrected chi connectivity index (χ0v) is 7.22. The lowest BCUT2D eigenvalue weighted by atomic mass is 9.86. The van der Waals surface area contributed by atoms with E-state index in [4.69, 9.17) is 0 Å². The Morgan fingerprint density at radius 2 is 2.00 bits per heavy atom. The molecule has 1 fully saturated rings. The van der Waals surface area contributed by atoms with Crippen LogP contribution in [0.2, 0.25) is 0 Å². The lowest BCUT2D eigenvalue weighted by molar-refractivity contribution is 0.332. The molecule has 0 spiro atoms. The van der Waals surface area contributed by atoms with E-state index in [1.165, 1.54) is 13.0 Å². The summed E-state index contributed by atoms with van der Waals surface area (Å²) < 4.78 is 0. The lowest BCUT2D eigenvalue weighted by Crippen LogP contribution is -2.28. The molecule has 1 nitrogen and oxygen atoms in total. The van der Waals surface area contributed by atoms with Gasteiger partial charge in [0.1, 0.15) is 0 Å². The fourth-order valence-electron chi connectivity index (χ4n) is 1.10. The van der Waals surface area contributed by atoms with Crippen LogP contribution in [0.3, 0.4) is 0 Å². The van der Waals surface area contributed by atoms with E-state index in [0.29, 0.717) is 11.5 Å². The van der Waals surface area contributed by atoms with Gasteiger partial charge in [0.15, 0.2) is 0 Å². The van der Waals surface area contributed by atoms with Crippen molar-refractivity contribution in [1.82, 2.24) is 5.32 Å². The van der Waals surface area contributed by atoms with Crippen LogP contribution in [0.25, 0.3) is 0 Å². The van der Waals surface area contributed by atoms with Gasteiger partial charge in [0, 0.05) is 6.04 Å². The van der Waals surface area contributed by atoms with Crippen molar-refractivity contribution >= 4 is 12.4 Å². The Balaban J connectivity index is 0.000000640. The van der Waals surface area contributed by atoms with Crippen molar-refractivity contribution in [1.29, 1.82) is 0 Å². The first-order valence-electron chi connectivity index (χ1n) is 3.36. The molecule has 9 heavy (non-hydrogen) atoms. The van der Waals surface area contributed by atoms with Crippen molar-refractivity contribution in [2.45, 2.75) is 33.2 Å². The van der Waals surface area contributed by atoms with Gasteiger partial charge in [-0.2, -0.15) is 0 Å². The zero-order valence-electron chi connectivity index (χ0n) is 6.40. The molecule has 0 bridgehead atoms. The first-order chi connectivity index (χ1) is 3.63. The second kappa shape index (κ2) is 2.89. The highest BCUT2D eigenvalue weighted by molar-refractivity contribution is 5.85. The van der Waals surface area contributed by atoms with E-state index in [1.54, 1.807) is 0 Å². The Kier molecular flexibility index (Phi) is 2.97. The van der Waals surface area contributed by atoms with Crippen LogP contribution >= 0.6 is 12.4 Å². The summed E-state index contributed by atoms with van der Waals surface area (Å²) in [6.45, 7) is 8.09. The molecule has 1 saturated heterocycles. The lowest BCUT2D eigenvalue weighted by Gasteiger charge is -2.21. The molecule has 1 N–H and O–H groups in total. The van der Waals surface area contributed by atoms with Gasteiger partial charge in [-0.25, -0.2) is 0 Å². The highest BCUT2D eigenvalue weighted by Crippen LogP contribution is 2.28. The number of hydrogen-bond acceptors (Lipinski definition) is 1. The van der Waals surface area contributed by atoms with Crippen LogP contribution in [0.1, 0.15) is 27.2 Å². The second-order valence-corrected chi connectivity index (χ2v) is 3.41. The van der Waals surface area contributed by atoms with Gasteiger partial charge in [0.25, 0.3) is 0 Å². The third-order valence-corrected chi connectivity index (χ3v) is 2.39. The molecule has 0 aromatic rings. The summed E-state index contributed by atoms with van der Waals surface area (Å²) in [6.07, 6.45) is 1.33. The summed E-state index contributed by atoms with van der Waals surface area (Å²) in [5.74, 6) is 0. The summed E-state index contributed by atoms with van der Waals surface area (Å²) >= 11 is 0. The minimum absolute atomic E-state index is 0. The van der Waals surface area contributed by atoms with Crippen molar-refractivity contribution < 1.29 is 0 Å². The summed E-state index contributed by atoms with van der Waals surface area (Å²) in [7, 11) is 0. The molecule has 0 amide bonds. The first kappa shape index (κ1) is 9.25. The van der Waals surface area contributed by atoms with Crippen LogP contribution in [-0.4, -0.2) is 12.6 Å². The molecule has 0 radical (unpaired) electrons. The maximum Gasteiger partial charge on any atom is 0.00903 e. The van der Waals surface area contributed by atoms with Gasteiger partial charge in [-0.3, -0.25) is 0 Å². The fourth-order valence-corrected chi connectivity index (χ4v) is 1.10. The van der Waals surface area contributed by atoms with Crippen LogP contribution in [0, 0.1) is 5.41 Å².